The maximum atomic E-state index is 2.56. The van der Waals surface area contributed by atoms with E-state index in [0.29, 0.717) is 5.41 Å². The lowest BCUT2D eigenvalue weighted by Crippen LogP contribution is -2.47. The second-order valence-corrected chi connectivity index (χ2v) is 9.07. The van der Waals surface area contributed by atoms with Crippen LogP contribution in [0.1, 0.15) is 67.7 Å². The Kier molecular flexibility index (Phi) is 6.17. The number of rotatable bonds is 7. The summed E-state index contributed by atoms with van der Waals surface area (Å²) in [6, 6.07) is 0. The summed E-state index contributed by atoms with van der Waals surface area (Å²) in [6.07, 6.45) is 5.63. The third kappa shape index (κ3) is 3.12. The van der Waals surface area contributed by atoms with Crippen molar-refractivity contribution in [3.8, 4) is 0 Å². The van der Waals surface area contributed by atoms with Crippen molar-refractivity contribution in [3.05, 3.63) is 0 Å². The fraction of sp³-hybridized carbons (Fsp3) is 1.00. The summed E-state index contributed by atoms with van der Waals surface area (Å²) < 4.78 is 0. The molecule has 1 fully saturated rings. The van der Waals surface area contributed by atoms with Gasteiger partial charge in [0.05, 0.1) is 0 Å². The van der Waals surface area contributed by atoms with E-state index in [2.05, 4.69) is 48.5 Å². The van der Waals surface area contributed by atoms with Gasteiger partial charge in [0.25, 0.3) is 0 Å². The summed E-state index contributed by atoms with van der Waals surface area (Å²) in [6.45, 7) is 17.3. The van der Waals surface area contributed by atoms with Gasteiger partial charge in [-0.25, -0.2) is 0 Å². The fourth-order valence-corrected chi connectivity index (χ4v) is 5.69. The van der Waals surface area contributed by atoms with Crippen LogP contribution in [0.15, 0.2) is 0 Å². The summed E-state index contributed by atoms with van der Waals surface area (Å²) in [7, 11) is 1.15. The molecule has 0 radical (unpaired) electrons. The van der Waals surface area contributed by atoms with Crippen molar-refractivity contribution in [1.82, 2.24) is 0 Å². The Labute approximate surface area is 117 Å². The van der Waals surface area contributed by atoms with Gasteiger partial charge >= 0.3 is 0 Å². The van der Waals surface area contributed by atoms with Crippen LogP contribution >= 0.6 is 8.58 Å². The Morgan fingerprint density at radius 3 is 2.17 bits per heavy atom. The van der Waals surface area contributed by atoms with E-state index in [4.69, 9.17) is 0 Å². The van der Waals surface area contributed by atoms with Crippen LogP contribution in [-0.4, -0.2) is 11.8 Å². The van der Waals surface area contributed by atoms with Crippen molar-refractivity contribution in [3.63, 3.8) is 0 Å². The molecule has 1 heteroatoms. The monoisotopic (exact) mass is 270 g/mol. The Morgan fingerprint density at radius 1 is 1.22 bits per heavy atom. The fourth-order valence-electron chi connectivity index (χ4n) is 4.15. The Hall–Kier alpha value is 0.430. The molecule has 0 spiro atoms. The predicted octanol–water partition coefficient (Wildman–Crippen LogP) is 5.81. The summed E-state index contributed by atoms with van der Waals surface area (Å²) in [5, 5.41) is 0. The first-order chi connectivity index (χ1) is 8.38. The highest BCUT2D eigenvalue weighted by atomic mass is 31.1. The molecule has 1 aliphatic rings. The first-order valence-corrected chi connectivity index (χ1v) is 9.40. The average molecular weight is 270 g/mol. The van der Waals surface area contributed by atoms with Gasteiger partial charge in [0, 0.05) is 0 Å². The van der Waals surface area contributed by atoms with E-state index in [1.807, 2.05) is 0 Å². The molecule has 0 bridgehead atoms. The van der Waals surface area contributed by atoms with E-state index < -0.39 is 0 Å². The molecule has 0 nitrogen and oxygen atoms in total. The highest BCUT2D eigenvalue weighted by Crippen LogP contribution is 2.56. The molecular formula is C17H35P. The van der Waals surface area contributed by atoms with Crippen molar-refractivity contribution in [2.24, 2.45) is 29.1 Å². The number of hydrogen-bond donors (Lipinski definition) is 0. The predicted molar refractivity (Wildman–Crippen MR) is 86.9 cm³/mol. The maximum Gasteiger partial charge on any atom is -0.0232 e. The van der Waals surface area contributed by atoms with E-state index in [9.17, 15) is 0 Å². The first kappa shape index (κ1) is 16.5. The Balaban J connectivity index is 2.82. The molecule has 18 heavy (non-hydrogen) atoms. The highest BCUT2D eigenvalue weighted by molar-refractivity contribution is 7.38. The molecule has 0 aromatic rings. The largest absolute Gasteiger partial charge is 0.119 e. The highest BCUT2D eigenvalue weighted by Gasteiger charge is 2.47. The van der Waals surface area contributed by atoms with Crippen molar-refractivity contribution in [2.75, 3.05) is 6.16 Å². The minimum Gasteiger partial charge on any atom is -0.119 e. The molecule has 1 aliphatic carbocycles. The van der Waals surface area contributed by atoms with E-state index in [0.717, 1.165) is 37.9 Å². The van der Waals surface area contributed by atoms with Gasteiger partial charge in [-0.1, -0.05) is 54.9 Å². The summed E-state index contributed by atoms with van der Waals surface area (Å²) in [5.41, 5.74) is 1.55. The molecule has 1 rings (SSSR count). The van der Waals surface area contributed by atoms with Crippen molar-refractivity contribution < 1.29 is 0 Å². The molecule has 0 aromatic carbocycles. The molecule has 0 aromatic heterocycles. The standard InChI is InChI=1S/C17H35P/c1-8-12(3)16(15(6)18-9-2)14(5)17(7)11-10-13(17)4/h12-16,18H,8-11H2,1-7H3. The topological polar surface area (TPSA) is 0 Å². The third-order valence-electron chi connectivity index (χ3n) is 6.26. The zero-order valence-electron chi connectivity index (χ0n) is 13.7. The lowest BCUT2D eigenvalue weighted by molar-refractivity contribution is -0.0338. The van der Waals surface area contributed by atoms with Gasteiger partial charge in [0.2, 0.25) is 0 Å². The SMILES string of the molecule is CCPC(C)C(C(C)CC)C(C)C1(C)CCC1C. The summed E-state index contributed by atoms with van der Waals surface area (Å²) in [5.74, 6) is 3.65. The second-order valence-electron chi connectivity index (χ2n) is 7.04. The molecule has 0 amide bonds. The van der Waals surface area contributed by atoms with Crippen LogP contribution in [0, 0.1) is 29.1 Å². The van der Waals surface area contributed by atoms with E-state index in [-0.39, 0.29) is 0 Å². The van der Waals surface area contributed by atoms with Crippen molar-refractivity contribution >= 4 is 8.58 Å². The van der Waals surface area contributed by atoms with Gasteiger partial charge < -0.3 is 0 Å². The summed E-state index contributed by atoms with van der Waals surface area (Å²) in [4.78, 5) is 0. The molecule has 0 heterocycles. The molecule has 0 aliphatic heterocycles. The number of hydrogen-bond acceptors (Lipinski definition) is 0. The Morgan fingerprint density at radius 2 is 1.83 bits per heavy atom. The summed E-state index contributed by atoms with van der Waals surface area (Å²) >= 11 is 0. The first-order valence-electron chi connectivity index (χ1n) is 8.11. The van der Waals surface area contributed by atoms with E-state index >= 15 is 0 Å². The molecule has 0 saturated heterocycles. The normalized spacial score (nSPS) is 35.2. The van der Waals surface area contributed by atoms with Crippen molar-refractivity contribution in [1.29, 1.82) is 0 Å². The third-order valence-corrected chi connectivity index (χ3v) is 7.70. The van der Waals surface area contributed by atoms with Crippen LogP contribution < -0.4 is 0 Å². The van der Waals surface area contributed by atoms with Crippen LogP contribution in [-0.2, 0) is 0 Å². The van der Waals surface area contributed by atoms with Crippen LogP contribution in [0.4, 0.5) is 0 Å². The zero-order chi connectivity index (χ0) is 13.9. The maximum absolute atomic E-state index is 2.56. The molecule has 7 atom stereocenters. The molecule has 7 unspecified atom stereocenters. The van der Waals surface area contributed by atoms with Crippen LogP contribution in [0.5, 0.6) is 0 Å². The van der Waals surface area contributed by atoms with Gasteiger partial charge in [0.1, 0.15) is 0 Å². The molecule has 0 N–H and O–H groups in total. The van der Waals surface area contributed by atoms with Crippen LogP contribution in [0.2, 0.25) is 0 Å². The zero-order valence-corrected chi connectivity index (χ0v) is 14.7. The average Bonchev–Trinajstić information content (AvgIpc) is 2.35. The van der Waals surface area contributed by atoms with E-state index in [1.165, 1.54) is 25.4 Å². The lowest BCUT2D eigenvalue weighted by Gasteiger charge is -2.54. The Bertz CT molecular complexity index is 250. The smallest absolute Gasteiger partial charge is 0.0232 e. The molecule has 108 valence electrons. The molecule has 1 saturated carbocycles. The van der Waals surface area contributed by atoms with Crippen LogP contribution in [0.3, 0.4) is 0 Å². The van der Waals surface area contributed by atoms with Gasteiger partial charge in [-0.3, -0.25) is 0 Å². The second kappa shape index (κ2) is 6.74. The minimum absolute atomic E-state index is 0.626. The van der Waals surface area contributed by atoms with Gasteiger partial charge in [0.15, 0.2) is 0 Å². The van der Waals surface area contributed by atoms with Crippen LogP contribution in [0.25, 0.3) is 0 Å². The van der Waals surface area contributed by atoms with Gasteiger partial charge in [-0.05, 0) is 53.7 Å². The van der Waals surface area contributed by atoms with Gasteiger partial charge in [-0.15, -0.1) is 8.58 Å². The van der Waals surface area contributed by atoms with Gasteiger partial charge in [-0.2, -0.15) is 0 Å². The van der Waals surface area contributed by atoms with Crippen molar-refractivity contribution in [2.45, 2.75) is 73.4 Å². The lowest BCUT2D eigenvalue weighted by atomic mass is 9.52. The quantitative estimate of drug-likeness (QED) is 0.512. The van der Waals surface area contributed by atoms with E-state index in [1.54, 1.807) is 0 Å². The minimum atomic E-state index is 0.626. The molecular weight excluding hydrogens is 235 g/mol.